The summed E-state index contributed by atoms with van der Waals surface area (Å²) >= 11 is 0. The van der Waals surface area contributed by atoms with Crippen LogP contribution in [0.3, 0.4) is 0 Å². The van der Waals surface area contributed by atoms with E-state index >= 15 is 0 Å². The molecule has 2 saturated heterocycles. The number of likely N-dealkylation sites (N-methyl/N-ethyl adjacent to an activating group) is 1. The Morgan fingerprint density at radius 2 is 1.96 bits per heavy atom. The topological polar surface area (TPSA) is 35.5 Å². The van der Waals surface area contributed by atoms with Crippen molar-refractivity contribution < 1.29 is 0 Å². The molecule has 0 radical (unpaired) electrons. The number of benzene rings is 1. The molecular weight excluding hydrogens is 322 g/mol. The monoisotopic (exact) mass is 349 g/mol. The first kappa shape index (κ1) is 16.2. The zero-order valence-electron chi connectivity index (χ0n) is 15.5. The fraction of sp³-hybridized carbons (Fsp3) is 0.524. The van der Waals surface area contributed by atoms with Gasteiger partial charge in [0.1, 0.15) is 12.1 Å². The maximum atomic E-state index is 4.71. The van der Waals surface area contributed by atoms with Crippen LogP contribution in [0.5, 0.6) is 0 Å². The maximum absolute atomic E-state index is 4.71. The van der Waals surface area contributed by atoms with Crippen molar-refractivity contribution >= 4 is 5.82 Å². The predicted molar refractivity (Wildman–Crippen MR) is 103 cm³/mol. The molecule has 3 aliphatic rings. The fourth-order valence-corrected chi connectivity index (χ4v) is 4.97. The largest absolute Gasteiger partial charge is 0.354 e. The molecule has 0 N–H and O–H groups in total. The maximum Gasteiger partial charge on any atom is 0.136 e. The summed E-state index contributed by atoms with van der Waals surface area (Å²) in [6.45, 7) is 6.61. The van der Waals surface area contributed by atoms with Crippen LogP contribution in [-0.2, 0) is 19.5 Å². The van der Waals surface area contributed by atoms with Crippen LogP contribution in [0.1, 0.15) is 23.2 Å². The van der Waals surface area contributed by atoms with Crippen molar-refractivity contribution in [2.75, 3.05) is 38.1 Å². The lowest BCUT2D eigenvalue weighted by molar-refractivity contribution is 0.245. The summed E-state index contributed by atoms with van der Waals surface area (Å²) in [6, 6.07) is 11.5. The molecule has 2 atom stereocenters. The SMILES string of the molecule is CN1CCc2ncnc(N3C[C@@H]4CCN(Cc5ccccc5)[C@H]4C3)c2C1. The summed E-state index contributed by atoms with van der Waals surface area (Å²) in [7, 11) is 2.19. The minimum absolute atomic E-state index is 0.655. The standard InChI is InChI=1S/C21H27N5/c1-24-9-8-19-18(13-24)21(23-15-22-19)26-12-17-7-10-25(20(17)14-26)11-16-5-3-2-4-6-16/h2-6,15,17,20H,7-14H2,1H3/t17-,20-/m0/s1. The van der Waals surface area contributed by atoms with Crippen LogP contribution in [0.15, 0.2) is 36.7 Å². The molecule has 0 saturated carbocycles. The molecule has 2 fully saturated rings. The average molecular weight is 349 g/mol. The van der Waals surface area contributed by atoms with Crippen LogP contribution in [-0.4, -0.2) is 59.0 Å². The van der Waals surface area contributed by atoms with Gasteiger partial charge in [-0.15, -0.1) is 0 Å². The van der Waals surface area contributed by atoms with E-state index in [1.54, 1.807) is 6.33 Å². The lowest BCUT2D eigenvalue weighted by Crippen LogP contribution is -2.36. The van der Waals surface area contributed by atoms with Gasteiger partial charge in [0, 0.05) is 50.7 Å². The Morgan fingerprint density at radius 3 is 2.85 bits per heavy atom. The highest BCUT2D eigenvalue weighted by Gasteiger charge is 2.42. The molecule has 0 amide bonds. The Kier molecular flexibility index (Phi) is 4.14. The molecule has 2 aromatic rings. The number of nitrogens with zero attached hydrogens (tertiary/aromatic N) is 5. The van der Waals surface area contributed by atoms with E-state index in [1.807, 2.05) is 0 Å². The second-order valence-electron chi connectivity index (χ2n) is 8.09. The smallest absolute Gasteiger partial charge is 0.136 e. The second-order valence-corrected chi connectivity index (χ2v) is 8.09. The first-order valence-corrected chi connectivity index (χ1v) is 9.82. The molecule has 5 rings (SSSR count). The zero-order chi connectivity index (χ0) is 17.5. The van der Waals surface area contributed by atoms with Gasteiger partial charge in [-0.3, -0.25) is 4.90 Å². The van der Waals surface area contributed by atoms with Gasteiger partial charge in [0.2, 0.25) is 0 Å². The fourth-order valence-electron chi connectivity index (χ4n) is 4.97. The van der Waals surface area contributed by atoms with Gasteiger partial charge in [-0.05, 0) is 31.5 Å². The molecule has 4 heterocycles. The molecular formula is C21H27N5. The van der Waals surface area contributed by atoms with Crippen LogP contribution in [0, 0.1) is 5.92 Å². The van der Waals surface area contributed by atoms with Crippen LogP contribution in [0.2, 0.25) is 0 Å². The Hall–Kier alpha value is -1.98. The second kappa shape index (κ2) is 6.63. The highest BCUT2D eigenvalue weighted by molar-refractivity contribution is 5.51. The average Bonchev–Trinajstić information content (AvgIpc) is 3.24. The summed E-state index contributed by atoms with van der Waals surface area (Å²) < 4.78 is 0. The molecule has 1 aromatic carbocycles. The van der Waals surface area contributed by atoms with Crippen molar-refractivity contribution in [3.05, 3.63) is 53.5 Å². The molecule has 5 heteroatoms. The third-order valence-electron chi connectivity index (χ3n) is 6.36. The summed E-state index contributed by atoms with van der Waals surface area (Å²) in [5.41, 5.74) is 4.04. The van der Waals surface area contributed by atoms with Crippen molar-refractivity contribution in [3.63, 3.8) is 0 Å². The van der Waals surface area contributed by atoms with Gasteiger partial charge in [-0.2, -0.15) is 0 Å². The summed E-state index contributed by atoms with van der Waals surface area (Å²) in [6.07, 6.45) is 4.12. The van der Waals surface area contributed by atoms with E-state index in [2.05, 4.69) is 57.1 Å². The Morgan fingerprint density at radius 1 is 1.08 bits per heavy atom. The summed E-state index contributed by atoms with van der Waals surface area (Å²) in [5, 5.41) is 0. The molecule has 0 bridgehead atoms. The third kappa shape index (κ3) is 2.89. The quantitative estimate of drug-likeness (QED) is 0.849. The molecule has 0 unspecified atom stereocenters. The normalized spacial score (nSPS) is 26.1. The number of hydrogen-bond acceptors (Lipinski definition) is 5. The number of aromatic nitrogens is 2. The van der Waals surface area contributed by atoms with Crippen LogP contribution in [0.4, 0.5) is 5.82 Å². The van der Waals surface area contributed by atoms with E-state index < -0.39 is 0 Å². The predicted octanol–water partition coefficient (Wildman–Crippen LogP) is 2.18. The van der Waals surface area contributed by atoms with E-state index in [0.29, 0.717) is 6.04 Å². The molecule has 26 heavy (non-hydrogen) atoms. The number of hydrogen-bond donors (Lipinski definition) is 0. The van der Waals surface area contributed by atoms with E-state index in [-0.39, 0.29) is 0 Å². The third-order valence-corrected chi connectivity index (χ3v) is 6.36. The minimum Gasteiger partial charge on any atom is -0.354 e. The lowest BCUT2D eigenvalue weighted by Gasteiger charge is -2.30. The van der Waals surface area contributed by atoms with Crippen LogP contribution in [0.25, 0.3) is 0 Å². The van der Waals surface area contributed by atoms with Crippen molar-refractivity contribution in [3.8, 4) is 0 Å². The van der Waals surface area contributed by atoms with E-state index in [1.165, 1.54) is 35.6 Å². The Labute approximate surface area is 155 Å². The summed E-state index contributed by atoms with van der Waals surface area (Å²) in [5.74, 6) is 1.96. The number of fused-ring (bicyclic) bond motifs is 2. The highest BCUT2D eigenvalue weighted by atomic mass is 15.3. The van der Waals surface area contributed by atoms with Gasteiger partial charge in [-0.1, -0.05) is 30.3 Å². The molecule has 0 spiro atoms. The van der Waals surface area contributed by atoms with Gasteiger partial charge < -0.3 is 9.80 Å². The van der Waals surface area contributed by atoms with Gasteiger partial charge in [-0.25, -0.2) is 9.97 Å². The molecule has 5 nitrogen and oxygen atoms in total. The van der Waals surface area contributed by atoms with Crippen LogP contribution < -0.4 is 4.90 Å². The number of anilines is 1. The van der Waals surface area contributed by atoms with Crippen LogP contribution >= 0.6 is 0 Å². The summed E-state index contributed by atoms with van der Waals surface area (Å²) in [4.78, 5) is 16.9. The van der Waals surface area contributed by atoms with Crippen molar-refractivity contribution in [2.45, 2.75) is 32.0 Å². The molecule has 0 aliphatic carbocycles. The first-order valence-electron chi connectivity index (χ1n) is 9.82. The van der Waals surface area contributed by atoms with Crippen molar-refractivity contribution in [1.82, 2.24) is 19.8 Å². The van der Waals surface area contributed by atoms with Gasteiger partial charge in [0.25, 0.3) is 0 Å². The lowest BCUT2D eigenvalue weighted by atomic mass is 10.0. The van der Waals surface area contributed by atoms with E-state index in [9.17, 15) is 0 Å². The molecule has 3 aliphatic heterocycles. The Balaban J connectivity index is 1.35. The molecule has 136 valence electrons. The van der Waals surface area contributed by atoms with Gasteiger partial charge in [0.15, 0.2) is 0 Å². The van der Waals surface area contributed by atoms with E-state index in [0.717, 1.165) is 45.1 Å². The van der Waals surface area contributed by atoms with Crippen molar-refractivity contribution in [1.29, 1.82) is 0 Å². The molecule has 1 aromatic heterocycles. The Bertz CT molecular complexity index is 777. The zero-order valence-corrected chi connectivity index (χ0v) is 15.5. The number of rotatable bonds is 3. The first-order chi connectivity index (χ1) is 12.8. The van der Waals surface area contributed by atoms with Crippen molar-refractivity contribution in [2.24, 2.45) is 5.92 Å². The number of likely N-dealkylation sites (tertiary alicyclic amines) is 1. The van der Waals surface area contributed by atoms with Gasteiger partial charge >= 0.3 is 0 Å². The van der Waals surface area contributed by atoms with E-state index in [4.69, 9.17) is 4.98 Å². The highest BCUT2D eigenvalue weighted by Crippen LogP contribution is 2.36. The minimum atomic E-state index is 0.655. The van der Waals surface area contributed by atoms with Gasteiger partial charge in [0.05, 0.1) is 5.69 Å².